The molecule has 0 aromatic heterocycles. The lowest BCUT2D eigenvalue weighted by atomic mass is 10.1. The van der Waals surface area contributed by atoms with Crippen LogP contribution in [0.15, 0.2) is 53.7 Å². The van der Waals surface area contributed by atoms with Crippen molar-refractivity contribution < 1.29 is 9.63 Å². The highest BCUT2D eigenvalue weighted by Gasteiger charge is 2.08. The second kappa shape index (κ2) is 9.47. The summed E-state index contributed by atoms with van der Waals surface area (Å²) >= 11 is 0. The second-order valence-electron chi connectivity index (χ2n) is 5.66. The quantitative estimate of drug-likeness (QED) is 0.593. The van der Waals surface area contributed by atoms with Crippen LogP contribution in [-0.4, -0.2) is 38.9 Å². The number of benzene rings is 2. The normalized spacial score (nSPS) is 10.7. The number of hydrogen-bond donors (Lipinski definition) is 1. The van der Waals surface area contributed by atoms with Crippen molar-refractivity contribution in [3.05, 3.63) is 65.2 Å². The SMILES string of the molecule is CCN(CCNC(=O)c1ccc(/C=N/OC)cc1)c1ccccc1C. The van der Waals surface area contributed by atoms with E-state index in [-0.39, 0.29) is 5.91 Å². The van der Waals surface area contributed by atoms with E-state index in [1.807, 2.05) is 24.3 Å². The number of rotatable bonds is 8. The zero-order chi connectivity index (χ0) is 18.1. The predicted molar refractivity (Wildman–Crippen MR) is 102 cm³/mol. The van der Waals surface area contributed by atoms with E-state index in [1.165, 1.54) is 18.4 Å². The maximum absolute atomic E-state index is 12.3. The van der Waals surface area contributed by atoms with Crippen LogP contribution in [0.25, 0.3) is 0 Å². The highest BCUT2D eigenvalue weighted by Crippen LogP contribution is 2.18. The molecule has 0 aliphatic rings. The van der Waals surface area contributed by atoms with Gasteiger partial charge in [0.1, 0.15) is 7.11 Å². The number of oxime groups is 1. The minimum atomic E-state index is -0.0731. The van der Waals surface area contributed by atoms with Gasteiger partial charge in [0.05, 0.1) is 6.21 Å². The van der Waals surface area contributed by atoms with Gasteiger partial charge < -0.3 is 15.1 Å². The molecule has 1 N–H and O–H groups in total. The molecule has 0 spiro atoms. The first-order valence-corrected chi connectivity index (χ1v) is 8.41. The number of amides is 1. The van der Waals surface area contributed by atoms with Crippen LogP contribution in [0.2, 0.25) is 0 Å². The highest BCUT2D eigenvalue weighted by atomic mass is 16.6. The van der Waals surface area contributed by atoms with E-state index in [1.54, 1.807) is 18.3 Å². The van der Waals surface area contributed by atoms with E-state index >= 15 is 0 Å². The minimum Gasteiger partial charge on any atom is -0.399 e. The fourth-order valence-electron chi connectivity index (χ4n) is 2.61. The molecule has 0 atom stereocenters. The smallest absolute Gasteiger partial charge is 0.251 e. The van der Waals surface area contributed by atoms with Crippen LogP contribution in [0.1, 0.15) is 28.4 Å². The van der Waals surface area contributed by atoms with Crippen molar-refractivity contribution in [1.82, 2.24) is 5.32 Å². The summed E-state index contributed by atoms with van der Waals surface area (Å²) in [4.78, 5) is 19.2. The summed E-state index contributed by atoms with van der Waals surface area (Å²) in [6.45, 7) is 6.48. The second-order valence-corrected chi connectivity index (χ2v) is 5.66. The van der Waals surface area contributed by atoms with Gasteiger partial charge in [-0.3, -0.25) is 4.79 Å². The molecule has 0 saturated carbocycles. The van der Waals surface area contributed by atoms with Gasteiger partial charge in [-0.25, -0.2) is 0 Å². The molecule has 0 aliphatic carbocycles. The van der Waals surface area contributed by atoms with E-state index in [0.29, 0.717) is 12.1 Å². The number of nitrogens with one attached hydrogen (secondary N) is 1. The lowest BCUT2D eigenvalue weighted by Crippen LogP contribution is -2.35. The van der Waals surface area contributed by atoms with Gasteiger partial charge in [0.15, 0.2) is 0 Å². The zero-order valence-electron chi connectivity index (χ0n) is 15.0. The van der Waals surface area contributed by atoms with Gasteiger partial charge in [-0.1, -0.05) is 35.5 Å². The van der Waals surface area contributed by atoms with Crippen molar-refractivity contribution >= 4 is 17.8 Å². The molecule has 2 rings (SSSR count). The maximum atomic E-state index is 12.3. The summed E-state index contributed by atoms with van der Waals surface area (Å²) < 4.78 is 0. The minimum absolute atomic E-state index is 0.0731. The summed E-state index contributed by atoms with van der Waals surface area (Å²) in [7, 11) is 1.49. The van der Waals surface area contributed by atoms with E-state index in [4.69, 9.17) is 0 Å². The van der Waals surface area contributed by atoms with Gasteiger partial charge >= 0.3 is 0 Å². The Morgan fingerprint density at radius 1 is 1.20 bits per heavy atom. The molecule has 25 heavy (non-hydrogen) atoms. The average Bonchev–Trinajstić information content (AvgIpc) is 2.64. The summed E-state index contributed by atoms with van der Waals surface area (Å²) in [5.41, 5.74) is 3.97. The van der Waals surface area contributed by atoms with Crippen LogP contribution >= 0.6 is 0 Å². The van der Waals surface area contributed by atoms with Crippen LogP contribution in [0.5, 0.6) is 0 Å². The lowest BCUT2D eigenvalue weighted by molar-refractivity contribution is 0.0954. The van der Waals surface area contributed by atoms with Crippen LogP contribution in [0.3, 0.4) is 0 Å². The summed E-state index contributed by atoms with van der Waals surface area (Å²) in [5.74, 6) is -0.0731. The molecule has 0 bridgehead atoms. The first-order valence-electron chi connectivity index (χ1n) is 8.41. The first-order chi connectivity index (χ1) is 12.2. The van der Waals surface area contributed by atoms with Crippen molar-refractivity contribution in [2.24, 2.45) is 5.16 Å². The Bertz CT molecular complexity index is 711. The summed E-state index contributed by atoms with van der Waals surface area (Å²) in [6.07, 6.45) is 1.60. The number of carbonyl (C=O) groups is 1. The first kappa shape index (κ1) is 18.5. The maximum Gasteiger partial charge on any atom is 0.251 e. The van der Waals surface area contributed by atoms with Crippen LogP contribution in [0, 0.1) is 6.92 Å². The average molecular weight is 339 g/mol. The van der Waals surface area contributed by atoms with E-state index < -0.39 is 0 Å². The molecule has 0 fully saturated rings. The molecule has 0 unspecified atom stereocenters. The Morgan fingerprint density at radius 3 is 2.56 bits per heavy atom. The molecule has 2 aromatic carbocycles. The molecule has 2 aromatic rings. The third-order valence-electron chi connectivity index (χ3n) is 3.99. The Balaban J connectivity index is 1.89. The molecule has 0 saturated heterocycles. The van der Waals surface area contributed by atoms with Crippen molar-refractivity contribution in [2.45, 2.75) is 13.8 Å². The fourth-order valence-corrected chi connectivity index (χ4v) is 2.61. The fraction of sp³-hybridized carbons (Fsp3) is 0.300. The van der Waals surface area contributed by atoms with Crippen LogP contribution in [0.4, 0.5) is 5.69 Å². The van der Waals surface area contributed by atoms with Gasteiger partial charge in [-0.15, -0.1) is 0 Å². The van der Waals surface area contributed by atoms with E-state index in [0.717, 1.165) is 18.7 Å². The number of aryl methyl sites for hydroxylation is 1. The van der Waals surface area contributed by atoms with Gasteiger partial charge in [0, 0.05) is 30.9 Å². The molecular formula is C20H25N3O2. The van der Waals surface area contributed by atoms with Crippen LogP contribution in [-0.2, 0) is 4.84 Å². The number of anilines is 1. The van der Waals surface area contributed by atoms with Crippen molar-refractivity contribution in [2.75, 3.05) is 31.6 Å². The number of hydrogen-bond acceptors (Lipinski definition) is 4. The molecule has 0 radical (unpaired) electrons. The number of para-hydroxylation sites is 1. The third kappa shape index (κ3) is 5.35. The van der Waals surface area contributed by atoms with Gasteiger partial charge in [-0.05, 0) is 43.2 Å². The van der Waals surface area contributed by atoms with E-state index in [2.05, 4.69) is 46.2 Å². The third-order valence-corrected chi connectivity index (χ3v) is 3.99. The molecule has 132 valence electrons. The molecule has 5 nitrogen and oxygen atoms in total. The van der Waals surface area contributed by atoms with Gasteiger partial charge in [0.25, 0.3) is 5.91 Å². The number of carbonyl (C=O) groups excluding carboxylic acids is 1. The number of likely N-dealkylation sites (N-methyl/N-ethyl adjacent to an activating group) is 1. The summed E-state index contributed by atoms with van der Waals surface area (Å²) in [6, 6.07) is 15.5. The molecule has 0 heterocycles. The highest BCUT2D eigenvalue weighted by molar-refractivity contribution is 5.95. The number of nitrogens with zero attached hydrogens (tertiary/aromatic N) is 2. The van der Waals surface area contributed by atoms with Crippen molar-refractivity contribution in [3.8, 4) is 0 Å². The lowest BCUT2D eigenvalue weighted by Gasteiger charge is -2.25. The Morgan fingerprint density at radius 2 is 1.92 bits per heavy atom. The van der Waals surface area contributed by atoms with Crippen molar-refractivity contribution in [3.63, 3.8) is 0 Å². The van der Waals surface area contributed by atoms with E-state index in [9.17, 15) is 4.79 Å². The zero-order valence-corrected chi connectivity index (χ0v) is 15.0. The molecule has 5 heteroatoms. The molecule has 0 aliphatic heterocycles. The molecular weight excluding hydrogens is 314 g/mol. The largest absolute Gasteiger partial charge is 0.399 e. The van der Waals surface area contributed by atoms with Gasteiger partial charge in [0.2, 0.25) is 0 Å². The summed E-state index contributed by atoms with van der Waals surface area (Å²) in [5, 5.41) is 6.68. The Kier molecular flexibility index (Phi) is 7.01. The van der Waals surface area contributed by atoms with Crippen LogP contribution < -0.4 is 10.2 Å². The van der Waals surface area contributed by atoms with Crippen molar-refractivity contribution in [1.29, 1.82) is 0 Å². The molecule has 1 amide bonds. The predicted octanol–water partition coefficient (Wildman–Crippen LogP) is 3.23. The standard InChI is InChI=1S/C20H25N3O2/c1-4-23(19-8-6-5-7-16(19)2)14-13-21-20(24)18-11-9-17(10-12-18)15-22-25-3/h5-12,15H,4,13-14H2,1-3H3,(H,21,24)/b22-15+. The topological polar surface area (TPSA) is 53.9 Å². The van der Waals surface area contributed by atoms with Gasteiger partial charge in [-0.2, -0.15) is 0 Å². The monoisotopic (exact) mass is 339 g/mol. The Labute approximate surface area is 149 Å². The Hall–Kier alpha value is -2.82.